The molecule has 8 nitrogen and oxygen atoms in total. The first-order chi connectivity index (χ1) is 13.2. The summed E-state index contributed by atoms with van der Waals surface area (Å²) >= 11 is 0. The summed E-state index contributed by atoms with van der Waals surface area (Å²) in [5.74, 6) is -0.153. The van der Waals surface area contributed by atoms with Crippen molar-refractivity contribution in [2.75, 3.05) is 26.8 Å². The molecule has 0 spiro atoms. The van der Waals surface area contributed by atoms with Crippen LogP contribution in [0.5, 0.6) is 0 Å². The molecule has 0 radical (unpaired) electrons. The molecule has 8 heteroatoms. The van der Waals surface area contributed by atoms with Crippen LogP contribution in [0, 0.1) is 0 Å². The van der Waals surface area contributed by atoms with E-state index in [1.54, 1.807) is 31.6 Å². The Morgan fingerprint density at radius 1 is 1.15 bits per heavy atom. The lowest BCUT2D eigenvalue weighted by atomic mass is 10.2. The van der Waals surface area contributed by atoms with Gasteiger partial charge in [0, 0.05) is 19.7 Å². The number of para-hydroxylation sites is 1. The van der Waals surface area contributed by atoms with Gasteiger partial charge < -0.3 is 19.8 Å². The summed E-state index contributed by atoms with van der Waals surface area (Å²) in [5.41, 5.74) is 1.56. The van der Waals surface area contributed by atoms with Gasteiger partial charge in [0.2, 0.25) is 5.91 Å². The first-order valence-corrected chi connectivity index (χ1v) is 8.42. The zero-order valence-corrected chi connectivity index (χ0v) is 14.8. The Hall–Kier alpha value is -3.39. The molecular formula is C19H20N4O4. The average molecular weight is 368 g/mol. The van der Waals surface area contributed by atoms with Crippen LogP contribution >= 0.6 is 0 Å². The Morgan fingerprint density at radius 3 is 2.67 bits per heavy atom. The summed E-state index contributed by atoms with van der Waals surface area (Å²) in [4.78, 5) is 24.4. The van der Waals surface area contributed by atoms with E-state index in [9.17, 15) is 9.59 Å². The molecule has 2 N–H and O–H groups in total. The molecule has 0 aliphatic carbocycles. The maximum absolute atomic E-state index is 12.6. The number of carbonyl (C=O) groups is 2. The van der Waals surface area contributed by atoms with Gasteiger partial charge in [0.15, 0.2) is 5.76 Å². The Kier molecular flexibility index (Phi) is 6.01. The standard InChI is InChI=1S/C19H20N4O4/c1-26-11-9-20-18(24)13-21-19(25)16-12-15(17-8-5-10-27-17)22-23(16)14-6-3-2-4-7-14/h2-8,10,12H,9,11,13H2,1H3,(H,20,24)(H,21,25). The molecule has 0 fully saturated rings. The Morgan fingerprint density at radius 2 is 1.96 bits per heavy atom. The summed E-state index contributed by atoms with van der Waals surface area (Å²) in [6.45, 7) is 0.654. The van der Waals surface area contributed by atoms with Crippen molar-refractivity contribution < 1.29 is 18.7 Å². The van der Waals surface area contributed by atoms with Crippen LogP contribution < -0.4 is 10.6 Å². The number of rotatable bonds is 8. The summed E-state index contributed by atoms with van der Waals surface area (Å²) < 4.78 is 11.8. The van der Waals surface area contributed by atoms with E-state index in [1.165, 1.54) is 4.68 Å². The summed E-state index contributed by atoms with van der Waals surface area (Å²) in [6, 6.07) is 14.4. The molecule has 140 valence electrons. The lowest BCUT2D eigenvalue weighted by molar-refractivity contribution is -0.120. The largest absolute Gasteiger partial charge is 0.463 e. The number of amides is 2. The second-order valence-electron chi connectivity index (χ2n) is 5.66. The lowest BCUT2D eigenvalue weighted by Crippen LogP contribution is -2.38. The zero-order chi connectivity index (χ0) is 19.1. The number of hydrogen-bond donors (Lipinski definition) is 2. The van der Waals surface area contributed by atoms with Gasteiger partial charge in [-0.2, -0.15) is 5.10 Å². The van der Waals surface area contributed by atoms with E-state index >= 15 is 0 Å². The van der Waals surface area contributed by atoms with E-state index in [4.69, 9.17) is 9.15 Å². The molecule has 0 aliphatic heterocycles. The fourth-order valence-electron chi connectivity index (χ4n) is 2.46. The highest BCUT2D eigenvalue weighted by molar-refractivity contribution is 5.96. The van der Waals surface area contributed by atoms with Crippen LogP contribution in [0.2, 0.25) is 0 Å². The quantitative estimate of drug-likeness (QED) is 0.589. The molecule has 0 unspecified atom stereocenters. The normalized spacial score (nSPS) is 10.6. The second kappa shape index (κ2) is 8.81. The van der Waals surface area contributed by atoms with Gasteiger partial charge in [-0.1, -0.05) is 18.2 Å². The van der Waals surface area contributed by atoms with Crippen LogP contribution in [0.15, 0.2) is 59.2 Å². The fourth-order valence-corrected chi connectivity index (χ4v) is 2.46. The third-order valence-corrected chi connectivity index (χ3v) is 3.75. The van der Waals surface area contributed by atoms with E-state index in [-0.39, 0.29) is 12.5 Å². The minimum absolute atomic E-state index is 0.140. The molecule has 2 aromatic heterocycles. The number of methoxy groups -OCH3 is 1. The van der Waals surface area contributed by atoms with Crippen molar-refractivity contribution in [3.8, 4) is 17.1 Å². The minimum atomic E-state index is -0.411. The van der Waals surface area contributed by atoms with E-state index in [0.717, 1.165) is 5.69 Å². The van der Waals surface area contributed by atoms with Crippen LogP contribution in [0.4, 0.5) is 0 Å². The van der Waals surface area contributed by atoms with Crippen molar-refractivity contribution in [3.05, 3.63) is 60.5 Å². The number of aromatic nitrogens is 2. The molecule has 0 atom stereocenters. The summed E-state index contributed by atoms with van der Waals surface area (Å²) in [5, 5.41) is 9.74. The highest BCUT2D eigenvalue weighted by atomic mass is 16.5. The number of nitrogens with zero attached hydrogens (tertiary/aromatic N) is 2. The van der Waals surface area contributed by atoms with Gasteiger partial charge >= 0.3 is 0 Å². The van der Waals surface area contributed by atoms with E-state index in [1.807, 2.05) is 30.3 Å². The van der Waals surface area contributed by atoms with Crippen LogP contribution in [0.1, 0.15) is 10.5 Å². The van der Waals surface area contributed by atoms with Gasteiger partial charge in [0.25, 0.3) is 5.91 Å². The van der Waals surface area contributed by atoms with Gasteiger partial charge in [-0.15, -0.1) is 0 Å². The van der Waals surface area contributed by atoms with Crippen LogP contribution in [-0.4, -0.2) is 48.4 Å². The van der Waals surface area contributed by atoms with Crippen molar-refractivity contribution >= 4 is 11.8 Å². The molecule has 1 aromatic carbocycles. The first-order valence-electron chi connectivity index (χ1n) is 8.42. The van der Waals surface area contributed by atoms with Gasteiger partial charge in [0.1, 0.15) is 11.4 Å². The predicted molar refractivity (Wildman–Crippen MR) is 98.5 cm³/mol. The maximum atomic E-state index is 12.6. The first kappa shape index (κ1) is 18.4. The maximum Gasteiger partial charge on any atom is 0.270 e. The predicted octanol–water partition coefficient (Wildman–Crippen LogP) is 1.62. The SMILES string of the molecule is COCCNC(=O)CNC(=O)c1cc(-c2ccco2)nn1-c1ccccc1. The molecule has 0 saturated carbocycles. The molecule has 27 heavy (non-hydrogen) atoms. The number of furan rings is 1. The average Bonchev–Trinajstić information content (AvgIpc) is 3.36. The number of benzene rings is 1. The molecule has 2 amide bonds. The number of ether oxygens (including phenoxy) is 1. The smallest absolute Gasteiger partial charge is 0.270 e. The van der Waals surface area contributed by atoms with Gasteiger partial charge in [-0.25, -0.2) is 4.68 Å². The molecule has 0 bridgehead atoms. The summed E-state index contributed by atoms with van der Waals surface area (Å²) in [6.07, 6.45) is 1.54. The monoisotopic (exact) mass is 368 g/mol. The molecular weight excluding hydrogens is 348 g/mol. The van der Waals surface area contributed by atoms with E-state index < -0.39 is 5.91 Å². The van der Waals surface area contributed by atoms with Gasteiger partial charge in [0.05, 0.1) is 25.1 Å². The van der Waals surface area contributed by atoms with Crippen LogP contribution in [-0.2, 0) is 9.53 Å². The van der Waals surface area contributed by atoms with Crippen molar-refractivity contribution in [2.45, 2.75) is 0 Å². The Balaban J connectivity index is 1.79. The molecule has 3 aromatic rings. The highest BCUT2D eigenvalue weighted by Gasteiger charge is 2.19. The third kappa shape index (κ3) is 4.62. The van der Waals surface area contributed by atoms with E-state index in [2.05, 4.69) is 15.7 Å². The van der Waals surface area contributed by atoms with Gasteiger partial charge in [-0.05, 0) is 24.3 Å². The van der Waals surface area contributed by atoms with Crippen molar-refractivity contribution in [3.63, 3.8) is 0 Å². The van der Waals surface area contributed by atoms with E-state index in [0.29, 0.717) is 30.3 Å². The molecule has 3 rings (SSSR count). The van der Waals surface area contributed by atoms with Crippen molar-refractivity contribution in [1.82, 2.24) is 20.4 Å². The number of nitrogens with one attached hydrogen (secondary N) is 2. The molecule has 2 heterocycles. The molecule has 0 saturated heterocycles. The zero-order valence-electron chi connectivity index (χ0n) is 14.8. The molecule has 0 aliphatic rings. The van der Waals surface area contributed by atoms with Crippen molar-refractivity contribution in [2.24, 2.45) is 0 Å². The van der Waals surface area contributed by atoms with Crippen molar-refractivity contribution in [1.29, 1.82) is 0 Å². The minimum Gasteiger partial charge on any atom is -0.463 e. The summed E-state index contributed by atoms with van der Waals surface area (Å²) in [7, 11) is 1.55. The second-order valence-corrected chi connectivity index (χ2v) is 5.66. The van der Waals surface area contributed by atoms with Gasteiger partial charge in [-0.3, -0.25) is 9.59 Å². The van der Waals surface area contributed by atoms with Crippen LogP contribution in [0.25, 0.3) is 17.1 Å². The van der Waals surface area contributed by atoms with Crippen LogP contribution in [0.3, 0.4) is 0 Å². The lowest BCUT2D eigenvalue weighted by Gasteiger charge is -2.08. The topological polar surface area (TPSA) is 98.4 Å². The fraction of sp³-hybridized carbons (Fsp3) is 0.211. The number of carbonyl (C=O) groups excluding carboxylic acids is 2. The third-order valence-electron chi connectivity index (χ3n) is 3.75. The Labute approximate surface area is 156 Å². The Bertz CT molecular complexity index is 888. The number of hydrogen-bond acceptors (Lipinski definition) is 5. The highest BCUT2D eigenvalue weighted by Crippen LogP contribution is 2.22.